The maximum Gasteiger partial charge on any atom is 0.0127 e. The standard InChI is InChI=1S/C11H25N/c1-6-8-10(3)9-11(4,5)12-7-2/h10,12H,6-9H2,1-5H3. The van der Waals surface area contributed by atoms with Crippen molar-refractivity contribution >= 4 is 0 Å². The van der Waals surface area contributed by atoms with Crippen LogP contribution in [0.15, 0.2) is 0 Å². The van der Waals surface area contributed by atoms with E-state index in [1.807, 2.05) is 0 Å². The molecule has 0 rings (SSSR count). The molecule has 0 heterocycles. The summed E-state index contributed by atoms with van der Waals surface area (Å²) in [5.41, 5.74) is 0.323. The van der Waals surface area contributed by atoms with Crippen LogP contribution in [0.5, 0.6) is 0 Å². The van der Waals surface area contributed by atoms with E-state index in [0.29, 0.717) is 5.54 Å². The average Bonchev–Trinajstić information content (AvgIpc) is 1.85. The summed E-state index contributed by atoms with van der Waals surface area (Å²) in [4.78, 5) is 0. The van der Waals surface area contributed by atoms with Gasteiger partial charge in [-0.25, -0.2) is 0 Å². The van der Waals surface area contributed by atoms with E-state index in [1.54, 1.807) is 0 Å². The van der Waals surface area contributed by atoms with Gasteiger partial charge in [0.2, 0.25) is 0 Å². The molecule has 0 saturated carbocycles. The molecule has 0 saturated heterocycles. The van der Waals surface area contributed by atoms with E-state index >= 15 is 0 Å². The molecule has 0 aromatic carbocycles. The van der Waals surface area contributed by atoms with Crippen molar-refractivity contribution in [1.82, 2.24) is 5.32 Å². The summed E-state index contributed by atoms with van der Waals surface area (Å²) in [6.07, 6.45) is 3.95. The van der Waals surface area contributed by atoms with Gasteiger partial charge in [-0.2, -0.15) is 0 Å². The summed E-state index contributed by atoms with van der Waals surface area (Å²) in [5.74, 6) is 0.851. The Morgan fingerprint density at radius 1 is 1.25 bits per heavy atom. The third kappa shape index (κ3) is 5.59. The highest BCUT2D eigenvalue weighted by Gasteiger charge is 2.18. The molecule has 0 spiro atoms. The van der Waals surface area contributed by atoms with Crippen molar-refractivity contribution in [3.05, 3.63) is 0 Å². The van der Waals surface area contributed by atoms with Gasteiger partial charge in [0.15, 0.2) is 0 Å². The lowest BCUT2D eigenvalue weighted by atomic mass is 9.89. The first kappa shape index (κ1) is 12.0. The van der Waals surface area contributed by atoms with E-state index < -0.39 is 0 Å². The summed E-state index contributed by atoms with van der Waals surface area (Å²) in [6, 6.07) is 0. The zero-order valence-electron chi connectivity index (χ0n) is 9.41. The van der Waals surface area contributed by atoms with Gasteiger partial charge in [0, 0.05) is 5.54 Å². The molecule has 0 aromatic heterocycles. The molecule has 0 bridgehead atoms. The Hall–Kier alpha value is -0.0400. The summed E-state index contributed by atoms with van der Waals surface area (Å²) in [7, 11) is 0. The van der Waals surface area contributed by atoms with Gasteiger partial charge >= 0.3 is 0 Å². The van der Waals surface area contributed by atoms with Crippen LogP contribution in [0.4, 0.5) is 0 Å². The molecule has 0 aliphatic heterocycles. The number of nitrogens with one attached hydrogen (secondary N) is 1. The fourth-order valence-corrected chi connectivity index (χ4v) is 2.02. The molecule has 0 aliphatic carbocycles. The highest BCUT2D eigenvalue weighted by atomic mass is 14.9. The average molecular weight is 171 g/mol. The molecule has 1 unspecified atom stereocenters. The van der Waals surface area contributed by atoms with Crippen molar-refractivity contribution in [2.45, 2.75) is 59.4 Å². The quantitative estimate of drug-likeness (QED) is 0.647. The van der Waals surface area contributed by atoms with Gasteiger partial charge in [0.25, 0.3) is 0 Å². The van der Waals surface area contributed by atoms with Gasteiger partial charge in [-0.15, -0.1) is 0 Å². The number of rotatable bonds is 6. The topological polar surface area (TPSA) is 12.0 Å². The highest BCUT2D eigenvalue weighted by molar-refractivity contribution is 4.78. The normalized spacial score (nSPS) is 14.8. The summed E-state index contributed by atoms with van der Waals surface area (Å²) >= 11 is 0. The van der Waals surface area contributed by atoms with Crippen LogP contribution in [0, 0.1) is 5.92 Å². The molecular formula is C11H25N. The Morgan fingerprint density at radius 2 is 1.83 bits per heavy atom. The smallest absolute Gasteiger partial charge is 0.0127 e. The number of hydrogen-bond acceptors (Lipinski definition) is 1. The van der Waals surface area contributed by atoms with Crippen LogP contribution in [0.3, 0.4) is 0 Å². The van der Waals surface area contributed by atoms with Gasteiger partial charge in [-0.1, -0.05) is 33.6 Å². The number of hydrogen-bond donors (Lipinski definition) is 1. The van der Waals surface area contributed by atoms with Crippen LogP contribution in [-0.2, 0) is 0 Å². The fraction of sp³-hybridized carbons (Fsp3) is 1.00. The molecule has 74 valence electrons. The van der Waals surface area contributed by atoms with E-state index in [-0.39, 0.29) is 0 Å². The molecule has 0 amide bonds. The summed E-state index contributed by atoms with van der Waals surface area (Å²) < 4.78 is 0. The third-order valence-electron chi connectivity index (χ3n) is 2.30. The Morgan fingerprint density at radius 3 is 2.25 bits per heavy atom. The predicted molar refractivity (Wildman–Crippen MR) is 56.4 cm³/mol. The Kier molecular flexibility index (Phi) is 5.56. The lowest BCUT2D eigenvalue weighted by Gasteiger charge is -2.28. The maximum absolute atomic E-state index is 3.51. The zero-order valence-corrected chi connectivity index (χ0v) is 9.41. The van der Waals surface area contributed by atoms with Crippen molar-refractivity contribution in [2.24, 2.45) is 5.92 Å². The molecule has 0 aliphatic rings. The minimum atomic E-state index is 0.323. The van der Waals surface area contributed by atoms with Crippen LogP contribution in [-0.4, -0.2) is 12.1 Å². The molecule has 1 atom stereocenters. The first-order chi connectivity index (χ1) is 5.52. The first-order valence-corrected chi connectivity index (χ1v) is 5.27. The molecule has 1 nitrogen and oxygen atoms in total. The lowest BCUT2D eigenvalue weighted by Crippen LogP contribution is -2.40. The highest BCUT2D eigenvalue weighted by Crippen LogP contribution is 2.19. The fourth-order valence-electron chi connectivity index (χ4n) is 2.02. The first-order valence-electron chi connectivity index (χ1n) is 5.27. The van der Waals surface area contributed by atoms with Crippen LogP contribution in [0.1, 0.15) is 53.9 Å². The molecular weight excluding hydrogens is 146 g/mol. The second-order valence-corrected chi connectivity index (χ2v) is 4.51. The van der Waals surface area contributed by atoms with Gasteiger partial charge in [0.1, 0.15) is 0 Å². The second kappa shape index (κ2) is 5.58. The second-order valence-electron chi connectivity index (χ2n) is 4.51. The van der Waals surface area contributed by atoms with E-state index in [1.165, 1.54) is 19.3 Å². The lowest BCUT2D eigenvalue weighted by molar-refractivity contribution is 0.303. The van der Waals surface area contributed by atoms with Crippen molar-refractivity contribution < 1.29 is 0 Å². The van der Waals surface area contributed by atoms with E-state index in [9.17, 15) is 0 Å². The Bertz CT molecular complexity index is 108. The van der Waals surface area contributed by atoms with E-state index in [4.69, 9.17) is 0 Å². The van der Waals surface area contributed by atoms with E-state index in [0.717, 1.165) is 12.5 Å². The van der Waals surface area contributed by atoms with E-state index in [2.05, 4.69) is 39.9 Å². The molecule has 0 aromatic rings. The van der Waals surface area contributed by atoms with Crippen LogP contribution >= 0.6 is 0 Å². The predicted octanol–water partition coefficient (Wildman–Crippen LogP) is 3.20. The largest absolute Gasteiger partial charge is 0.312 e. The zero-order chi connectivity index (χ0) is 9.61. The Balaban J connectivity index is 3.70. The van der Waals surface area contributed by atoms with Gasteiger partial charge in [0.05, 0.1) is 0 Å². The van der Waals surface area contributed by atoms with Crippen molar-refractivity contribution in [3.63, 3.8) is 0 Å². The third-order valence-corrected chi connectivity index (χ3v) is 2.30. The molecule has 0 fully saturated rings. The monoisotopic (exact) mass is 171 g/mol. The molecule has 12 heavy (non-hydrogen) atoms. The minimum Gasteiger partial charge on any atom is -0.312 e. The minimum absolute atomic E-state index is 0.323. The van der Waals surface area contributed by atoms with Gasteiger partial charge in [-0.05, 0) is 32.7 Å². The van der Waals surface area contributed by atoms with Crippen LogP contribution < -0.4 is 5.32 Å². The van der Waals surface area contributed by atoms with Crippen molar-refractivity contribution in [1.29, 1.82) is 0 Å². The molecule has 1 heteroatoms. The van der Waals surface area contributed by atoms with Crippen LogP contribution in [0.25, 0.3) is 0 Å². The summed E-state index contributed by atoms with van der Waals surface area (Å²) in [5, 5.41) is 3.51. The molecule has 0 radical (unpaired) electrons. The Labute approximate surface area is 77.9 Å². The van der Waals surface area contributed by atoms with Crippen molar-refractivity contribution in [2.75, 3.05) is 6.54 Å². The van der Waals surface area contributed by atoms with Crippen LogP contribution in [0.2, 0.25) is 0 Å². The summed E-state index contributed by atoms with van der Waals surface area (Å²) in [6.45, 7) is 12.4. The van der Waals surface area contributed by atoms with Gasteiger partial charge in [-0.3, -0.25) is 0 Å². The molecule has 1 N–H and O–H groups in total. The van der Waals surface area contributed by atoms with Gasteiger partial charge < -0.3 is 5.32 Å². The SMILES string of the molecule is CCCC(C)CC(C)(C)NCC. The maximum atomic E-state index is 3.51. The van der Waals surface area contributed by atoms with Crippen molar-refractivity contribution in [3.8, 4) is 0 Å².